The zero-order chi connectivity index (χ0) is 12.7. The molecule has 1 aromatic rings. The fourth-order valence-corrected chi connectivity index (χ4v) is 1.43. The van der Waals surface area contributed by atoms with E-state index in [1.165, 1.54) is 0 Å². The Morgan fingerprint density at radius 3 is 2.53 bits per heavy atom. The Morgan fingerprint density at radius 2 is 1.94 bits per heavy atom. The molecule has 0 aromatic heterocycles. The number of amides is 1. The van der Waals surface area contributed by atoms with Gasteiger partial charge >= 0.3 is 6.09 Å². The number of methoxy groups -OCH3 is 1. The summed E-state index contributed by atoms with van der Waals surface area (Å²) in [5.41, 5.74) is 0.537. The number of benzene rings is 1. The van der Waals surface area contributed by atoms with Crippen LogP contribution in [0.5, 0.6) is 0 Å². The molecule has 0 bridgehead atoms. The monoisotopic (exact) mass is 237 g/mol. The first-order chi connectivity index (χ1) is 8.03. The number of alkyl carbamates (subject to hydrolysis) is 1. The predicted molar refractivity (Wildman–Crippen MR) is 65.7 cm³/mol. The van der Waals surface area contributed by atoms with Crippen LogP contribution in [-0.4, -0.2) is 25.3 Å². The third kappa shape index (κ3) is 5.36. The van der Waals surface area contributed by atoms with Crippen molar-refractivity contribution in [1.82, 2.24) is 5.32 Å². The number of hydrogen-bond donors (Lipinski definition) is 1. The SMILES string of the molecule is COCC(C)(C)NC(=O)OCc1ccccc1. The highest BCUT2D eigenvalue weighted by molar-refractivity contribution is 5.68. The molecule has 0 radical (unpaired) electrons. The van der Waals surface area contributed by atoms with Crippen LogP contribution in [0.25, 0.3) is 0 Å². The summed E-state index contributed by atoms with van der Waals surface area (Å²) in [6.45, 7) is 4.46. The van der Waals surface area contributed by atoms with Crippen molar-refractivity contribution in [1.29, 1.82) is 0 Å². The second-order valence-corrected chi connectivity index (χ2v) is 4.50. The lowest BCUT2D eigenvalue weighted by Gasteiger charge is -2.24. The van der Waals surface area contributed by atoms with Gasteiger partial charge < -0.3 is 14.8 Å². The summed E-state index contributed by atoms with van der Waals surface area (Å²) in [4.78, 5) is 11.5. The molecule has 94 valence electrons. The normalized spacial score (nSPS) is 11.0. The molecule has 4 nitrogen and oxygen atoms in total. The Bertz CT molecular complexity index is 349. The van der Waals surface area contributed by atoms with Crippen molar-refractivity contribution in [2.75, 3.05) is 13.7 Å². The van der Waals surface area contributed by atoms with Crippen molar-refractivity contribution in [3.8, 4) is 0 Å². The first-order valence-corrected chi connectivity index (χ1v) is 5.51. The van der Waals surface area contributed by atoms with Crippen LogP contribution in [0.1, 0.15) is 19.4 Å². The third-order valence-electron chi connectivity index (χ3n) is 2.16. The van der Waals surface area contributed by atoms with Gasteiger partial charge in [0.2, 0.25) is 0 Å². The minimum absolute atomic E-state index is 0.274. The summed E-state index contributed by atoms with van der Waals surface area (Å²) in [6, 6.07) is 9.56. The van der Waals surface area contributed by atoms with E-state index in [0.717, 1.165) is 5.56 Å². The number of ether oxygens (including phenoxy) is 2. The summed E-state index contributed by atoms with van der Waals surface area (Å²) in [5, 5.41) is 2.74. The largest absolute Gasteiger partial charge is 0.445 e. The van der Waals surface area contributed by atoms with Crippen molar-refractivity contribution in [2.45, 2.75) is 26.0 Å². The average molecular weight is 237 g/mol. The smallest absolute Gasteiger partial charge is 0.407 e. The molecule has 4 heteroatoms. The summed E-state index contributed by atoms with van der Waals surface area (Å²) in [5.74, 6) is 0. The number of carbonyl (C=O) groups excluding carboxylic acids is 1. The van der Waals surface area contributed by atoms with Gasteiger partial charge in [-0.3, -0.25) is 0 Å². The molecule has 0 aliphatic carbocycles. The minimum atomic E-state index is -0.434. The summed E-state index contributed by atoms with van der Waals surface area (Å²) < 4.78 is 10.1. The molecule has 0 saturated carbocycles. The highest BCUT2D eigenvalue weighted by atomic mass is 16.5. The van der Waals surface area contributed by atoms with Gasteiger partial charge in [0, 0.05) is 7.11 Å². The van der Waals surface area contributed by atoms with E-state index >= 15 is 0 Å². The Kier molecular flexibility index (Phi) is 4.97. The minimum Gasteiger partial charge on any atom is -0.445 e. The molecule has 1 N–H and O–H groups in total. The van der Waals surface area contributed by atoms with Crippen LogP contribution in [0.4, 0.5) is 4.79 Å². The number of rotatable bonds is 5. The van der Waals surface area contributed by atoms with Crippen LogP contribution >= 0.6 is 0 Å². The number of carbonyl (C=O) groups is 1. The van der Waals surface area contributed by atoms with Crippen molar-refractivity contribution in [2.24, 2.45) is 0 Å². The molecule has 0 fully saturated rings. The van der Waals surface area contributed by atoms with Crippen LogP contribution in [0, 0.1) is 0 Å². The van der Waals surface area contributed by atoms with Crippen LogP contribution in [0.3, 0.4) is 0 Å². The van der Waals surface area contributed by atoms with E-state index in [-0.39, 0.29) is 6.61 Å². The Morgan fingerprint density at radius 1 is 1.29 bits per heavy atom. The van der Waals surface area contributed by atoms with Gasteiger partial charge in [0.1, 0.15) is 6.61 Å². The maximum Gasteiger partial charge on any atom is 0.407 e. The Labute approximate surface area is 102 Å². The van der Waals surface area contributed by atoms with Crippen molar-refractivity contribution in [3.63, 3.8) is 0 Å². The van der Waals surface area contributed by atoms with E-state index in [9.17, 15) is 4.79 Å². The van der Waals surface area contributed by atoms with Gasteiger partial charge in [-0.25, -0.2) is 4.79 Å². The second kappa shape index (κ2) is 6.25. The Hall–Kier alpha value is -1.55. The molecule has 0 unspecified atom stereocenters. The van der Waals surface area contributed by atoms with Gasteiger partial charge in [-0.15, -0.1) is 0 Å². The van der Waals surface area contributed by atoms with Gasteiger partial charge in [-0.2, -0.15) is 0 Å². The van der Waals surface area contributed by atoms with Gasteiger partial charge in [0.15, 0.2) is 0 Å². The topological polar surface area (TPSA) is 47.6 Å². The fourth-order valence-electron chi connectivity index (χ4n) is 1.43. The lowest BCUT2D eigenvalue weighted by atomic mass is 10.1. The van der Waals surface area contributed by atoms with E-state index in [1.807, 2.05) is 44.2 Å². The Balaban J connectivity index is 2.35. The summed E-state index contributed by atoms with van der Waals surface area (Å²) >= 11 is 0. The highest BCUT2D eigenvalue weighted by Crippen LogP contribution is 2.04. The first-order valence-electron chi connectivity index (χ1n) is 5.51. The molecule has 0 saturated heterocycles. The molecule has 0 atom stereocenters. The van der Waals surface area contributed by atoms with Crippen molar-refractivity contribution < 1.29 is 14.3 Å². The zero-order valence-electron chi connectivity index (χ0n) is 10.5. The maximum absolute atomic E-state index is 11.5. The maximum atomic E-state index is 11.5. The lowest BCUT2D eigenvalue weighted by Crippen LogP contribution is -2.46. The van der Waals surface area contributed by atoms with E-state index in [1.54, 1.807) is 7.11 Å². The van der Waals surface area contributed by atoms with E-state index < -0.39 is 11.6 Å². The quantitative estimate of drug-likeness (QED) is 0.855. The van der Waals surface area contributed by atoms with E-state index in [2.05, 4.69) is 5.32 Å². The third-order valence-corrected chi connectivity index (χ3v) is 2.16. The van der Waals surface area contributed by atoms with Crippen molar-refractivity contribution in [3.05, 3.63) is 35.9 Å². The number of hydrogen-bond acceptors (Lipinski definition) is 3. The molecule has 0 spiro atoms. The van der Waals surface area contributed by atoms with Crippen LogP contribution in [0.15, 0.2) is 30.3 Å². The molecule has 0 aliphatic heterocycles. The van der Waals surface area contributed by atoms with Crippen molar-refractivity contribution >= 4 is 6.09 Å². The molecule has 1 aromatic carbocycles. The standard InChI is InChI=1S/C13H19NO3/c1-13(2,10-16-3)14-12(15)17-9-11-7-5-4-6-8-11/h4-8H,9-10H2,1-3H3,(H,14,15). The lowest BCUT2D eigenvalue weighted by molar-refractivity contribution is 0.0997. The van der Waals surface area contributed by atoms with Gasteiger partial charge in [-0.05, 0) is 19.4 Å². The van der Waals surface area contributed by atoms with E-state index in [0.29, 0.717) is 6.61 Å². The molecule has 0 heterocycles. The number of nitrogens with one attached hydrogen (secondary N) is 1. The predicted octanol–water partition coefficient (Wildman–Crippen LogP) is 2.34. The summed E-state index contributed by atoms with van der Waals surface area (Å²) in [6.07, 6.45) is -0.434. The highest BCUT2D eigenvalue weighted by Gasteiger charge is 2.20. The van der Waals surface area contributed by atoms with E-state index in [4.69, 9.17) is 9.47 Å². The van der Waals surface area contributed by atoms with Gasteiger partial charge in [0.05, 0.1) is 12.1 Å². The summed E-state index contributed by atoms with van der Waals surface area (Å²) in [7, 11) is 1.60. The molecular formula is C13H19NO3. The molecular weight excluding hydrogens is 218 g/mol. The van der Waals surface area contributed by atoms with Gasteiger partial charge in [0.25, 0.3) is 0 Å². The van der Waals surface area contributed by atoms with Crippen LogP contribution in [-0.2, 0) is 16.1 Å². The molecule has 0 aliphatic rings. The molecule has 1 amide bonds. The molecule has 1 rings (SSSR count). The fraction of sp³-hybridized carbons (Fsp3) is 0.462. The second-order valence-electron chi connectivity index (χ2n) is 4.50. The van der Waals surface area contributed by atoms with Gasteiger partial charge in [-0.1, -0.05) is 30.3 Å². The molecule has 17 heavy (non-hydrogen) atoms. The zero-order valence-corrected chi connectivity index (χ0v) is 10.5. The average Bonchev–Trinajstić information content (AvgIpc) is 2.27. The van der Waals surface area contributed by atoms with Crippen LogP contribution < -0.4 is 5.32 Å². The van der Waals surface area contributed by atoms with Crippen LogP contribution in [0.2, 0.25) is 0 Å². The first kappa shape index (κ1) is 13.5.